The zero-order chi connectivity index (χ0) is 25.9. The van der Waals surface area contributed by atoms with Crippen molar-refractivity contribution in [3.63, 3.8) is 0 Å². The molecule has 0 amide bonds. The summed E-state index contributed by atoms with van der Waals surface area (Å²) in [6.45, 7) is 5.35. The molecule has 1 saturated heterocycles. The largest absolute Gasteiger partial charge is 0.479 e. The number of alkyl halides is 3. The van der Waals surface area contributed by atoms with Gasteiger partial charge in [-0.25, -0.2) is 14.0 Å². The number of carboxylic acid groups (broad SMARTS) is 2. The lowest BCUT2D eigenvalue weighted by Crippen LogP contribution is -2.44. The number of aliphatic carboxylic acids is 2. The van der Waals surface area contributed by atoms with Crippen LogP contribution in [0.15, 0.2) is 18.2 Å². The molecule has 0 spiro atoms. The normalized spacial score (nSPS) is 16.5. The molecule has 1 aliphatic rings. The number of rotatable bonds is 10. The molecule has 2 atom stereocenters. The van der Waals surface area contributed by atoms with Crippen LogP contribution >= 0.6 is 0 Å². The van der Waals surface area contributed by atoms with Crippen LogP contribution in [0.5, 0.6) is 0 Å². The van der Waals surface area contributed by atoms with Crippen LogP contribution in [0.2, 0.25) is 0 Å². The molecule has 34 heavy (non-hydrogen) atoms. The van der Waals surface area contributed by atoms with Crippen molar-refractivity contribution in [1.82, 2.24) is 10.2 Å². The molecule has 13 heteroatoms. The van der Waals surface area contributed by atoms with Crippen LogP contribution in [0.3, 0.4) is 0 Å². The molecule has 194 valence electrons. The fourth-order valence-corrected chi connectivity index (χ4v) is 3.33. The summed E-state index contributed by atoms with van der Waals surface area (Å²) in [5, 5.41) is 35.8. The Morgan fingerprint density at radius 2 is 1.71 bits per heavy atom. The van der Waals surface area contributed by atoms with Gasteiger partial charge in [-0.3, -0.25) is 4.90 Å². The van der Waals surface area contributed by atoms with Crippen LogP contribution in [0.25, 0.3) is 0 Å². The second kappa shape index (κ2) is 14.2. The van der Waals surface area contributed by atoms with E-state index in [2.05, 4.69) is 5.32 Å². The van der Waals surface area contributed by atoms with E-state index in [1.807, 2.05) is 11.8 Å². The number of aliphatic hydroxyl groups is 2. The molecule has 0 unspecified atom stereocenters. The third-order valence-corrected chi connectivity index (χ3v) is 5.11. The quantitative estimate of drug-likeness (QED) is 0.239. The van der Waals surface area contributed by atoms with Gasteiger partial charge >= 0.3 is 18.1 Å². The Labute approximate surface area is 193 Å². The summed E-state index contributed by atoms with van der Waals surface area (Å²) in [6.07, 6.45) is -7.32. The number of nitrogens with zero attached hydrogens (tertiary/aromatic N) is 1. The smallest absolute Gasteiger partial charge is 0.416 e. The first-order valence-corrected chi connectivity index (χ1v) is 10.6. The topological polar surface area (TPSA) is 140 Å². The standard InChI is InChI=1S/C17H24F4N2O.C4H6O6/c1-2-24-10-9-23(15-5-7-22-8-6-15)12-13-3-4-14(18)11-16(13)17(19,20)21;5-1(3(7)8)2(6)4(9)10/h3-4,11,15,22H,2,5-10,12H2,1H3;1-2,5-6H,(H,7,8)(H,9,10)/t;1-,2-/m.1/s1. The molecular weight excluding hydrogens is 468 g/mol. The first kappa shape index (κ1) is 29.7. The van der Waals surface area contributed by atoms with Crippen LogP contribution < -0.4 is 5.32 Å². The monoisotopic (exact) mass is 498 g/mol. The van der Waals surface area contributed by atoms with E-state index in [1.54, 1.807) is 0 Å². The van der Waals surface area contributed by atoms with E-state index < -0.39 is 41.7 Å². The predicted molar refractivity (Wildman–Crippen MR) is 111 cm³/mol. The molecule has 1 fully saturated rings. The van der Waals surface area contributed by atoms with Crippen LogP contribution in [-0.2, 0) is 27.0 Å². The maximum Gasteiger partial charge on any atom is 0.416 e. The highest BCUT2D eigenvalue weighted by Crippen LogP contribution is 2.33. The zero-order valence-electron chi connectivity index (χ0n) is 18.6. The zero-order valence-corrected chi connectivity index (χ0v) is 18.6. The number of hydrogen-bond donors (Lipinski definition) is 5. The molecule has 0 aromatic heterocycles. The van der Waals surface area contributed by atoms with Crippen molar-refractivity contribution >= 4 is 11.9 Å². The Morgan fingerprint density at radius 3 is 2.18 bits per heavy atom. The highest BCUT2D eigenvalue weighted by molar-refractivity contribution is 5.83. The number of ether oxygens (including phenoxy) is 1. The molecule has 0 bridgehead atoms. The van der Waals surface area contributed by atoms with Gasteiger partial charge in [-0.15, -0.1) is 0 Å². The molecule has 1 heterocycles. The van der Waals surface area contributed by atoms with Gasteiger partial charge in [0.15, 0.2) is 12.2 Å². The molecule has 9 nitrogen and oxygen atoms in total. The molecule has 1 aliphatic heterocycles. The minimum absolute atomic E-state index is 0.110. The number of benzene rings is 1. The van der Waals surface area contributed by atoms with Gasteiger partial charge in [0, 0.05) is 25.7 Å². The third kappa shape index (κ3) is 9.89. The van der Waals surface area contributed by atoms with Gasteiger partial charge in [0.05, 0.1) is 12.2 Å². The van der Waals surface area contributed by atoms with Crippen molar-refractivity contribution in [2.75, 3.05) is 32.8 Å². The summed E-state index contributed by atoms with van der Waals surface area (Å²) in [4.78, 5) is 21.6. The minimum Gasteiger partial charge on any atom is -0.479 e. The summed E-state index contributed by atoms with van der Waals surface area (Å²) >= 11 is 0. The summed E-state index contributed by atoms with van der Waals surface area (Å²) in [6, 6.07) is 3.12. The van der Waals surface area contributed by atoms with E-state index in [4.69, 9.17) is 25.2 Å². The fraction of sp³-hybridized carbons (Fsp3) is 0.619. The number of aliphatic hydroxyl groups excluding tert-OH is 2. The first-order valence-electron chi connectivity index (χ1n) is 10.6. The highest BCUT2D eigenvalue weighted by Gasteiger charge is 2.35. The summed E-state index contributed by atoms with van der Waals surface area (Å²) in [7, 11) is 0. The van der Waals surface area contributed by atoms with Crippen molar-refractivity contribution < 1.29 is 52.3 Å². The number of carboxylic acids is 2. The Balaban J connectivity index is 0.000000489. The average Bonchev–Trinajstić information content (AvgIpc) is 2.78. The van der Waals surface area contributed by atoms with E-state index in [0.29, 0.717) is 25.8 Å². The fourth-order valence-electron chi connectivity index (χ4n) is 3.33. The van der Waals surface area contributed by atoms with Crippen molar-refractivity contribution in [3.05, 3.63) is 35.1 Å². The highest BCUT2D eigenvalue weighted by atomic mass is 19.4. The summed E-state index contributed by atoms with van der Waals surface area (Å²) in [5.74, 6) is -4.40. The Hall–Kier alpha value is -2.32. The Bertz CT molecular complexity index is 771. The minimum atomic E-state index is -4.56. The number of carbonyl (C=O) groups is 2. The number of hydrogen-bond acceptors (Lipinski definition) is 7. The van der Waals surface area contributed by atoms with Crippen LogP contribution in [0.4, 0.5) is 17.6 Å². The van der Waals surface area contributed by atoms with Crippen molar-refractivity contribution in [2.45, 2.75) is 50.7 Å². The predicted octanol–water partition coefficient (Wildman–Crippen LogP) is 1.31. The van der Waals surface area contributed by atoms with Crippen molar-refractivity contribution in [1.29, 1.82) is 0 Å². The number of nitrogens with one attached hydrogen (secondary N) is 1. The van der Waals surface area contributed by atoms with Crippen LogP contribution in [0, 0.1) is 5.82 Å². The lowest BCUT2D eigenvalue weighted by molar-refractivity contribution is -0.165. The van der Waals surface area contributed by atoms with Gasteiger partial charge in [0.25, 0.3) is 0 Å². The van der Waals surface area contributed by atoms with E-state index in [-0.39, 0.29) is 18.2 Å². The van der Waals surface area contributed by atoms with Crippen molar-refractivity contribution in [3.8, 4) is 0 Å². The van der Waals surface area contributed by atoms with Gasteiger partial charge in [-0.05, 0) is 50.6 Å². The Morgan fingerprint density at radius 1 is 1.15 bits per heavy atom. The number of piperidine rings is 1. The van der Waals surface area contributed by atoms with E-state index >= 15 is 0 Å². The van der Waals surface area contributed by atoms with E-state index in [9.17, 15) is 27.2 Å². The van der Waals surface area contributed by atoms with Gasteiger partial charge < -0.3 is 30.5 Å². The molecule has 0 radical (unpaired) electrons. The first-order chi connectivity index (χ1) is 15.9. The molecule has 1 aromatic carbocycles. The van der Waals surface area contributed by atoms with Gasteiger partial charge in [-0.2, -0.15) is 13.2 Å². The number of halogens is 4. The molecular formula is C21H30F4N2O7. The van der Waals surface area contributed by atoms with Gasteiger partial charge in [0.1, 0.15) is 5.82 Å². The maximum absolute atomic E-state index is 13.3. The van der Waals surface area contributed by atoms with Crippen LogP contribution in [-0.4, -0.2) is 88.4 Å². The molecule has 5 N–H and O–H groups in total. The lowest BCUT2D eigenvalue weighted by atomic mass is 10.0. The van der Waals surface area contributed by atoms with E-state index in [1.165, 1.54) is 6.07 Å². The second-order valence-electron chi connectivity index (χ2n) is 7.51. The van der Waals surface area contributed by atoms with Crippen molar-refractivity contribution in [2.24, 2.45) is 0 Å². The van der Waals surface area contributed by atoms with E-state index in [0.717, 1.165) is 32.0 Å². The summed E-state index contributed by atoms with van der Waals surface area (Å²) < 4.78 is 58.3. The Kier molecular flexibility index (Phi) is 12.4. The van der Waals surface area contributed by atoms with Gasteiger partial charge in [0.2, 0.25) is 0 Å². The molecule has 2 rings (SSSR count). The molecule has 0 aliphatic carbocycles. The third-order valence-electron chi connectivity index (χ3n) is 5.11. The van der Waals surface area contributed by atoms with Gasteiger partial charge in [-0.1, -0.05) is 6.07 Å². The maximum atomic E-state index is 13.3. The van der Waals surface area contributed by atoms with Crippen LogP contribution in [0.1, 0.15) is 30.9 Å². The molecule has 0 saturated carbocycles. The SMILES string of the molecule is CCOCCN(Cc1ccc(F)cc1C(F)(F)F)C1CCNCC1.O=C(O)[C@H](O)[C@@H](O)C(=O)O. The summed E-state index contributed by atoms with van der Waals surface area (Å²) in [5.41, 5.74) is -0.781. The molecule has 1 aromatic rings. The average molecular weight is 498 g/mol. The second-order valence-corrected chi connectivity index (χ2v) is 7.51. The lowest BCUT2D eigenvalue weighted by Gasteiger charge is -2.35.